The molecule has 0 aromatic carbocycles. The molecule has 0 aromatic heterocycles. The normalized spacial score (nSPS) is 25.5. The summed E-state index contributed by atoms with van der Waals surface area (Å²) in [5.74, 6) is 2.01. The third-order valence-electron chi connectivity index (χ3n) is 5.12. The quantitative estimate of drug-likeness (QED) is 0.543. The number of nitrogens with one attached hydrogen (secondary N) is 1. The van der Waals surface area contributed by atoms with Crippen LogP contribution >= 0.6 is 0 Å². The van der Waals surface area contributed by atoms with E-state index >= 15 is 0 Å². The van der Waals surface area contributed by atoms with E-state index in [4.69, 9.17) is 0 Å². The number of rotatable bonds is 8. The smallest absolute Gasteiger partial charge is 0.00463 e. The van der Waals surface area contributed by atoms with Crippen LogP contribution in [-0.4, -0.2) is 13.1 Å². The molecule has 1 heteroatoms. The van der Waals surface area contributed by atoms with Crippen molar-refractivity contribution in [2.75, 3.05) is 13.1 Å². The largest absolute Gasteiger partial charge is 0.317 e. The molecule has 0 saturated carbocycles. The van der Waals surface area contributed by atoms with Crippen LogP contribution in [0, 0.1) is 11.8 Å². The Balaban J connectivity index is 2.23. The van der Waals surface area contributed by atoms with E-state index in [1.165, 1.54) is 96.6 Å². The summed E-state index contributed by atoms with van der Waals surface area (Å²) in [5.41, 5.74) is 0. The average molecular weight is 282 g/mol. The molecule has 1 N–H and O–H groups in total. The van der Waals surface area contributed by atoms with E-state index in [1.54, 1.807) is 0 Å². The lowest BCUT2D eigenvalue weighted by molar-refractivity contribution is 0.316. The first-order chi connectivity index (χ1) is 9.86. The minimum atomic E-state index is 1.00. The van der Waals surface area contributed by atoms with Gasteiger partial charge in [-0.05, 0) is 37.8 Å². The molecule has 1 fully saturated rings. The highest BCUT2D eigenvalue weighted by atomic mass is 14.8. The summed E-state index contributed by atoms with van der Waals surface area (Å²) in [5, 5.41) is 3.70. The average Bonchev–Trinajstić information content (AvgIpc) is 2.46. The van der Waals surface area contributed by atoms with Crippen LogP contribution in [0.4, 0.5) is 0 Å². The van der Waals surface area contributed by atoms with Crippen LogP contribution in [0.1, 0.15) is 97.3 Å². The fraction of sp³-hybridized carbons (Fsp3) is 1.00. The van der Waals surface area contributed by atoms with Gasteiger partial charge in [0.25, 0.3) is 0 Å². The van der Waals surface area contributed by atoms with Crippen molar-refractivity contribution in [3.05, 3.63) is 0 Å². The molecular weight excluding hydrogens is 242 g/mol. The van der Waals surface area contributed by atoms with Crippen LogP contribution in [0.2, 0.25) is 0 Å². The van der Waals surface area contributed by atoms with Gasteiger partial charge in [-0.2, -0.15) is 0 Å². The van der Waals surface area contributed by atoms with E-state index < -0.39 is 0 Å². The van der Waals surface area contributed by atoms with Gasteiger partial charge in [0, 0.05) is 0 Å². The molecule has 120 valence electrons. The van der Waals surface area contributed by atoms with Crippen LogP contribution in [0.5, 0.6) is 0 Å². The van der Waals surface area contributed by atoms with Crippen LogP contribution in [-0.2, 0) is 0 Å². The predicted octanol–water partition coefficient (Wildman–Crippen LogP) is 5.93. The van der Waals surface area contributed by atoms with E-state index in [9.17, 15) is 0 Å². The minimum Gasteiger partial charge on any atom is -0.317 e. The highest BCUT2D eigenvalue weighted by Gasteiger charge is 2.14. The second-order valence-electron chi connectivity index (χ2n) is 6.98. The summed E-state index contributed by atoms with van der Waals surface area (Å²) in [4.78, 5) is 0. The van der Waals surface area contributed by atoms with Gasteiger partial charge >= 0.3 is 0 Å². The van der Waals surface area contributed by atoms with E-state index in [2.05, 4.69) is 19.2 Å². The molecule has 0 aliphatic carbocycles. The van der Waals surface area contributed by atoms with Gasteiger partial charge in [-0.15, -0.1) is 0 Å². The van der Waals surface area contributed by atoms with Crippen LogP contribution in [0.15, 0.2) is 0 Å². The van der Waals surface area contributed by atoms with Gasteiger partial charge in [0.05, 0.1) is 0 Å². The van der Waals surface area contributed by atoms with Crippen molar-refractivity contribution in [2.45, 2.75) is 97.3 Å². The van der Waals surface area contributed by atoms with Gasteiger partial charge < -0.3 is 5.32 Å². The first-order valence-corrected chi connectivity index (χ1v) is 9.57. The summed E-state index contributed by atoms with van der Waals surface area (Å²) in [6.45, 7) is 7.16. The lowest BCUT2D eigenvalue weighted by Crippen LogP contribution is -2.23. The molecule has 1 rings (SSSR count). The predicted molar refractivity (Wildman–Crippen MR) is 91.2 cm³/mol. The summed E-state index contributed by atoms with van der Waals surface area (Å²) in [6, 6.07) is 0. The zero-order chi connectivity index (χ0) is 14.5. The molecule has 1 aliphatic heterocycles. The fourth-order valence-corrected chi connectivity index (χ4v) is 3.66. The molecule has 0 spiro atoms. The lowest BCUT2D eigenvalue weighted by Gasteiger charge is -2.23. The Morgan fingerprint density at radius 1 is 0.700 bits per heavy atom. The third kappa shape index (κ3) is 9.00. The van der Waals surface area contributed by atoms with Crippen molar-refractivity contribution in [3.63, 3.8) is 0 Å². The molecular formula is C19H39N. The van der Waals surface area contributed by atoms with Gasteiger partial charge in [0.2, 0.25) is 0 Å². The first kappa shape index (κ1) is 18.0. The van der Waals surface area contributed by atoms with Crippen molar-refractivity contribution in [1.82, 2.24) is 5.32 Å². The van der Waals surface area contributed by atoms with Crippen molar-refractivity contribution in [3.8, 4) is 0 Å². The van der Waals surface area contributed by atoms with Crippen molar-refractivity contribution in [1.29, 1.82) is 0 Å². The minimum absolute atomic E-state index is 1.00. The molecule has 2 atom stereocenters. The first-order valence-electron chi connectivity index (χ1n) is 9.57. The maximum Gasteiger partial charge on any atom is -0.00463 e. The molecule has 0 bridgehead atoms. The Morgan fingerprint density at radius 2 is 1.20 bits per heavy atom. The second kappa shape index (κ2) is 12.7. The molecule has 20 heavy (non-hydrogen) atoms. The number of hydrogen-bond donors (Lipinski definition) is 1. The van der Waals surface area contributed by atoms with E-state index in [-0.39, 0.29) is 0 Å². The Morgan fingerprint density at radius 3 is 1.65 bits per heavy atom. The third-order valence-corrected chi connectivity index (χ3v) is 5.12. The Labute approximate surface area is 128 Å². The van der Waals surface area contributed by atoms with E-state index in [0.717, 1.165) is 11.8 Å². The van der Waals surface area contributed by atoms with Crippen LogP contribution < -0.4 is 5.32 Å². The van der Waals surface area contributed by atoms with Crippen LogP contribution in [0.3, 0.4) is 0 Å². The molecule has 1 nitrogen and oxygen atoms in total. The van der Waals surface area contributed by atoms with Gasteiger partial charge in [-0.1, -0.05) is 84.5 Å². The molecule has 1 heterocycles. The Bertz CT molecular complexity index is 178. The van der Waals surface area contributed by atoms with Gasteiger partial charge in [0.15, 0.2) is 0 Å². The second-order valence-corrected chi connectivity index (χ2v) is 6.98. The molecule has 1 aliphatic rings. The SMILES string of the molecule is CCCCCC1CCCC(CCCCC)CCNCC1. The van der Waals surface area contributed by atoms with Crippen molar-refractivity contribution >= 4 is 0 Å². The highest BCUT2D eigenvalue weighted by Crippen LogP contribution is 2.25. The zero-order valence-corrected chi connectivity index (χ0v) is 14.3. The Kier molecular flexibility index (Phi) is 11.4. The van der Waals surface area contributed by atoms with Gasteiger partial charge in [-0.3, -0.25) is 0 Å². The summed E-state index contributed by atoms with van der Waals surface area (Å²) >= 11 is 0. The monoisotopic (exact) mass is 281 g/mol. The number of unbranched alkanes of at least 4 members (excludes halogenated alkanes) is 4. The summed E-state index contributed by atoms with van der Waals surface area (Å²) < 4.78 is 0. The maximum absolute atomic E-state index is 3.70. The zero-order valence-electron chi connectivity index (χ0n) is 14.3. The summed E-state index contributed by atoms with van der Waals surface area (Å²) in [7, 11) is 0. The molecule has 0 aromatic rings. The lowest BCUT2D eigenvalue weighted by atomic mass is 9.87. The van der Waals surface area contributed by atoms with Crippen LogP contribution in [0.25, 0.3) is 0 Å². The summed E-state index contributed by atoms with van der Waals surface area (Å²) in [6.07, 6.45) is 18.8. The Hall–Kier alpha value is -0.0400. The molecule has 2 unspecified atom stereocenters. The van der Waals surface area contributed by atoms with Gasteiger partial charge in [0.1, 0.15) is 0 Å². The standard InChI is InChI=1S/C19H39N/c1-3-5-7-10-18-12-9-13-19(11-8-6-4-2)15-17-20-16-14-18/h18-20H,3-17H2,1-2H3. The van der Waals surface area contributed by atoms with E-state index in [1.807, 2.05) is 0 Å². The molecule has 0 radical (unpaired) electrons. The molecule has 1 saturated heterocycles. The topological polar surface area (TPSA) is 12.0 Å². The van der Waals surface area contributed by atoms with Gasteiger partial charge in [-0.25, -0.2) is 0 Å². The number of hydrogen-bond acceptors (Lipinski definition) is 1. The van der Waals surface area contributed by atoms with Crippen molar-refractivity contribution < 1.29 is 0 Å². The van der Waals surface area contributed by atoms with Crippen molar-refractivity contribution in [2.24, 2.45) is 11.8 Å². The fourth-order valence-electron chi connectivity index (χ4n) is 3.66. The molecule has 0 amide bonds. The van der Waals surface area contributed by atoms with E-state index in [0.29, 0.717) is 0 Å². The highest BCUT2D eigenvalue weighted by molar-refractivity contribution is 4.69. The maximum atomic E-state index is 3.70.